The van der Waals surface area contributed by atoms with Gasteiger partial charge < -0.3 is 47.2 Å². The van der Waals surface area contributed by atoms with Gasteiger partial charge in [-0.05, 0) is 23.8 Å². The molecule has 1 aromatic rings. The Bertz CT molecular complexity index is 945. The van der Waals surface area contributed by atoms with Crippen LogP contribution in [0, 0.1) is 11.8 Å². The average Bonchev–Trinajstić information content (AvgIpc) is 2.88. The maximum atomic E-state index is 12.9. The summed E-state index contributed by atoms with van der Waals surface area (Å²) in [6.45, 7) is 6.24. The van der Waals surface area contributed by atoms with Gasteiger partial charge in [0.05, 0.1) is 31.2 Å². The summed E-state index contributed by atoms with van der Waals surface area (Å²) in [5.74, 6) is -3.96. The van der Waals surface area contributed by atoms with Crippen molar-refractivity contribution in [1.82, 2.24) is 16.0 Å². The normalized spacial score (nSPS) is 16.9. The van der Waals surface area contributed by atoms with E-state index in [0.29, 0.717) is 5.56 Å². The van der Waals surface area contributed by atoms with Crippen LogP contribution in [-0.4, -0.2) is 92.3 Å². The zero-order valence-corrected chi connectivity index (χ0v) is 22.7. The van der Waals surface area contributed by atoms with E-state index >= 15 is 0 Å². The molecule has 1 rings (SSSR count). The summed E-state index contributed by atoms with van der Waals surface area (Å²) >= 11 is 0. The number of rotatable bonds is 16. The third kappa shape index (κ3) is 10.9. The van der Waals surface area contributed by atoms with Gasteiger partial charge in [0.1, 0.15) is 18.2 Å². The topological polar surface area (TPSA) is 232 Å². The molecule has 0 aromatic heterocycles. The number of benzene rings is 1. The first kappa shape index (κ1) is 33.9. The maximum absolute atomic E-state index is 12.9. The van der Waals surface area contributed by atoms with Crippen molar-refractivity contribution >= 4 is 23.7 Å². The Hall–Kier alpha value is -3.10. The van der Waals surface area contributed by atoms with Gasteiger partial charge in [-0.2, -0.15) is 0 Å². The molecule has 13 nitrogen and oxygen atoms in total. The van der Waals surface area contributed by atoms with Crippen LogP contribution in [-0.2, 0) is 19.2 Å². The third-order valence-electron chi connectivity index (χ3n) is 6.14. The molecule has 0 spiro atoms. The molecule has 0 heterocycles. The number of carbonyl (C=O) groups is 4. The second-order valence-corrected chi connectivity index (χ2v) is 10.3. The summed E-state index contributed by atoms with van der Waals surface area (Å²) in [4.78, 5) is 49.3. The first-order valence-electron chi connectivity index (χ1n) is 12.8. The highest BCUT2D eigenvalue weighted by atomic mass is 16.4. The molecule has 0 aliphatic rings. The Kier molecular flexibility index (Phi) is 14.0. The van der Waals surface area contributed by atoms with Crippen molar-refractivity contribution < 1.29 is 44.7 Å². The number of amides is 3. The molecule has 0 saturated carbocycles. The number of carboxylic acids is 1. The van der Waals surface area contributed by atoms with E-state index in [4.69, 9.17) is 5.73 Å². The number of hydrogen-bond acceptors (Lipinski definition) is 9. The van der Waals surface area contributed by atoms with Gasteiger partial charge in [-0.3, -0.25) is 19.2 Å². The van der Waals surface area contributed by atoms with Gasteiger partial charge in [-0.25, -0.2) is 0 Å². The quantitative estimate of drug-likeness (QED) is 0.113. The Balaban J connectivity index is 2.95. The van der Waals surface area contributed by atoms with Crippen molar-refractivity contribution in [3.05, 3.63) is 35.9 Å². The van der Waals surface area contributed by atoms with Crippen LogP contribution in [0.25, 0.3) is 0 Å². The summed E-state index contributed by atoms with van der Waals surface area (Å²) in [5, 5.41) is 57.6. The minimum Gasteiger partial charge on any atom is -0.481 e. The molecule has 3 amide bonds. The molecule has 13 heteroatoms. The summed E-state index contributed by atoms with van der Waals surface area (Å²) < 4.78 is 0. The monoisotopic (exact) mass is 554 g/mol. The standard InChI is InChI=1S/C26H42N4O9/c1-13(2)10-17(29-25(38)20(27)14(3)4)24(37)30-18(12-31)21(34)22(35)23(36)26(39)28-16(11-19(32)33)15-8-6-5-7-9-15/h5-9,13-14,16-18,20-23,31,34-36H,10-12,27H2,1-4H3,(H,28,39)(H,29,38)(H,30,37)(H,32,33)/t16-,17-,18-,20-,21+,22+,23-/m0/s1. The highest BCUT2D eigenvalue weighted by Gasteiger charge is 2.37. The van der Waals surface area contributed by atoms with Gasteiger partial charge in [-0.1, -0.05) is 58.0 Å². The lowest BCUT2D eigenvalue weighted by Gasteiger charge is -2.31. The number of carboxylic acid groups (broad SMARTS) is 1. The maximum Gasteiger partial charge on any atom is 0.305 e. The van der Waals surface area contributed by atoms with Crippen molar-refractivity contribution in [1.29, 1.82) is 0 Å². The Labute approximate surface area is 227 Å². The second kappa shape index (κ2) is 16.1. The van der Waals surface area contributed by atoms with E-state index in [9.17, 15) is 44.7 Å². The lowest BCUT2D eigenvalue weighted by atomic mass is 9.97. The lowest BCUT2D eigenvalue weighted by molar-refractivity contribution is -0.145. The Morgan fingerprint density at radius 2 is 1.44 bits per heavy atom. The zero-order chi connectivity index (χ0) is 29.9. The van der Waals surface area contributed by atoms with Crippen LogP contribution in [0.2, 0.25) is 0 Å². The number of nitrogens with one attached hydrogen (secondary N) is 3. The first-order valence-corrected chi connectivity index (χ1v) is 12.8. The lowest BCUT2D eigenvalue weighted by Crippen LogP contribution is -2.60. The third-order valence-corrected chi connectivity index (χ3v) is 6.14. The fourth-order valence-electron chi connectivity index (χ4n) is 3.75. The molecular weight excluding hydrogens is 512 g/mol. The van der Waals surface area contributed by atoms with Crippen LogP contribution in [0.4, 0.5) is 0 Å². The summed E-state index contributed by atoms with van der Waals surface area (Å²) in [5.41, 5.74) is 6.30. The number of aliphatic hydroxyl groups excluding tert-OH is 4. The minimum atomic E-state index is -2.24. The van der Waals surface area contributed by atoms with Gasteiger partial charge in [0, 0.05) is 0 Å². The number of hydrogen-bond donors (Lipinski definition) is 9. The minimum absolute atomic E-state index is 0.0340. The first-order chi connectivity index (χ1) is 18.2. The van der Waals surface area contributed by atoms with Crippen molar-refractivity contribution in [3.63, 3.8) is 0 Å². The summed E-state index contributed by atoms with van der Waals surface area (Å²) in [6.07, 6.45) is -6.73. The molecule has 1 aromatic carbocycles. The highest BCUT2D eigenvalue weighted by molar-refractivity contribution is 5.90. The number of nitrogens with two attached hydrogens (primary N) is 1. The van der Waals surface area contributed by atoms with Crippen LogP contribution in [0.3, 0.4) is 0 Å². The fourth-order valence-corrected chi connectivity index (χ4v) is 3.75. The van der Waals surface area contributed by atoms with Gasteiger partial charge in [-0.15, -0.1) is 0 Å². The van der Waals surface area contributed by atoms with E-state index in [2.05, 4.69) is 16.0 Å². The van der Waals surface area contributed by atoms with E-state index < -0.39 is 79.2 Å². The van der Waals surface area contributed by atoms with Gasteiger partial charge in [0.2, 0.25) is 11.8 Å². The molecule has 0 unspecified atom stereocenters. The molecule has 7 atom stereocenters. The predicted molar refractivity (Wildman–Crippen MR) is 141 cm³/mol. The van der Waals surface area contributed by atoms with Crippen LogP contribution in [0.15, 0.2) is 30.3 Å². The Morgan fingerprint density at radius 1 is 0.846 bits per heavy atom. The van der Waals surface area contributed by atoms with Crippen LogP contribution >= 0.6 is 0 Å². The molecule has 0 aliphatic heterocycles. The second-order valence-electron chi connectivity index (χ2n) is 10.3. The zero-order valence-electron chi connectivity index (χ0n) is 22.7. The SMILES string of the molecule is CC(C)C[C@H](NC(=O)[C@@H](N)C(C)C)C(=O)N[C@@H](CO)[C@@H](O)[C@@H](O)[C@H](O)C(=O)N[C@@H](CC(=O)O)c1ccccc1. The van der Waals surface area contributed by atoms with E-state index in [-0.39, 0.29) is 18.3 Å². The van der Waals surface area contributed by atoms with Crippen molar-refractivity contribution in [3.8, 4) is 0 Å². The van der Waals surface area contributed by atoms with E-state index in [1.54, 1.807) is 44.2 Å². The molecule has 0 radical (unpaired) electrons. The molecule has 10 N–H and O–H groups in total. The highest BCUT2D eigenvalue weighted by Crippen LogP contribution is 2.18. The van der Waals surface area contributed by atoms with Crippen molar-refractivity contribution in [2.75, 3.05) is 6.61 Å². The smallest absolute Gasteiger partial charge is 0.305 e. The summed E-state index contributed by atoms with van der Waals surface area (Å²) in [7, 11) is 0. The predicted octanol–water partition coefficient (Wildman–Crippen LogP) is -1.61. The van der Waals surface area contributed by atoms with Crippen LogP contribution in [0.1, 0.15) is 52.1 Å². The molecule has 0 fully saturated rings. The van der Waals surface area contributed by atoms with Crippen molar-refractivity contribution in [2.45, 2.75) is 83.0 Å². The average molecular weight is 555 g/mol. The van der Waals surface area contributed by atoms with Gasteiger partial charge in [0.25, 0.3) is 5.91 Å². The van der Waals surface area contributed by atoms with E-state index in [0.717, 1.165) is 0 Å². The summed E-state index contributed by atoms with van der Waals surface area (Å²) in [6, 6.07) is 3.59. The van der Waals surface area contributed by atoms with Crippen LogP contribution in [0.5, 0.6) is 0 Å². The number of aliphatic carboxylic acids is 1. The molecule has 0 aliphatic carbocycles. The van der Waals surface area contributed by atoms with E-state index in [1.807, 2.05) is 13.8 Å². The molecule has 0 bridgehead atoms. The number of carbonyl (C=O) groups excluding carboxylic acids is 3. The van der Waals surface area contributed by atoms with Crippen LogP contribution < -0.4 is 21.7 Å². The fraction of sp³-hybridized carbons (Fsp3) is 0.615. The molecule has 220 valence electrons. The molecule has 0 saturated heterocycles. The largest absolute Gasteiger partial charge is 0.481 e. The Morgan fingerprint density at radius 3 is 1.92 bits per heavy atom. The van der Waals surface area contributed by atoms with Crippen molar-refractivity contribution in [2.24, 2.45) is 17.6 Å². The molecular formula is C26H42N4O9. The van der Waals surface area contributed by atoms with E-state index in [1.165, 1.54) is 0 Å². The van der Waals surface area contributed by atoms with Gasteiger partial charge in [0.15, 0.2) is 6.10 Å². The molecule has 39 heavy (non-hydrogen) atoms. The number of aliphatic hydroxyl groups is 4. The van der Waals surface area contributed by atoms with Gasteiger partial charge >= 0.3 is 5.97 Å².